The first-order chi connectivity index (χ1) is 10.3. The largest absolute Gasteiger partial charge is 0.494 e. The van der Waals surface area contributed by atoms with E-state index in [0.717, 1.165) is 12.3 Å². The highest BCUT2D eigenvalue weighted by atomic mass is 16.5. The fourth-order valence-corrected chi connectivity index (χ4v) is 2.45. The van der Waals surface area contributed by atoms with Gasteiger partial charge in [0.15, 0.2) is 0 Å². The van der Waals surface area contributed by atoms with Crippen molar-refractivity contribution in [3.63, 3.8) is 0 Å². The molecule has 0 aliphatic heterocycles. The summed E-state index contributed by atoms with van der Waals surface area (Å²) >= 11 is 0. The molecule has 0 saturated heterocycles. The SMILES string of the molecule is CCOc1ccc2c(ccn2Cc2ccc(C#N)cc2)c1. The minimum absolute atomic E-state index is 0.678. The van der Waals surface area contributed by atoms with Crippen molar-refractivity contribution < 1.29 is 4.74 Å². The summed E-state index contributed by atoms with van der Waals surface area (Å²) in [6.45, 7) is 3.46. The van der Waals surface area contributed by atoms with Gasteiger partial charge in [-0.25, -0.2) is 0 Å². The summed E-state index contributed by atoms with van der Waals surface area (Å²) in [4.78, 5) is 0. The number of rotatable bonds is 4. The van der Waals surface area contributed by atoms with Crippen LogP contribution in [0.1, 0.15) is 18.1 Å². The van der Waals surface area contributed by atoms with E-state index < -0.39 is 0 Å². The van der Waals surface area contributed by atoms with Crippen molar-refractivity contribution in [1.29, 1.82) is 5.26 Å². The van der Waals surface area contributed by atoms with Crippen LogP contribution < -0.4 is 4.74 Å². The van der Waals surface area contributed by atoms with Crippen molar-refractivity contribution in [3.05, 3.63) is 65.9 Å². The van der Waals surface area contributed by atoms with Crippen LogP contribution in [0.15, 0.2) is 54.7 Å². The molecule has 21 heavy (non-hydrogen) atoms. The molecule has 3 heteroatoms. The van der Waals surface area contributed by atoms with Gasteiger partial charge in [-0.1, -0.05) is 12.1 Å². The van der Waals surface area contributed by atoms with Gasteiger partial charge >= 0.3 is 0 Å². The fourth-order valence-electron chi connectivity index (χ4n) is 2.45. The lowest BCUT2D eigenvalue weighted by atomic mass is 10.1. The number of benzene rings is 2. The summed E-state index contributed by atoms with van der Waals surface area (Å²) in [5.41, 5.74) is 3.06. The number of nitriles is 1. The standard InChI is InChI=1S/C18H16N2O/c1-2-21-17-7-8-18-16(11-17)9-10-20(18)13-15-5-3-14(12-19)4-6-15/h3-11H,2,13H2,1H3. The zero-order valence-corrected chi connectivity index (χ0v) is 11.9. The third-order valence-electron chi connectivity index (χ3n) is 3.49. The van der Waals surface area contributed by atoms with E-state index in [1.54, 1.807) is 0 Å². The Bertz CT molecular complexity index is 794. The molecular weight excluding hydrogens is 260 g/mol. The van der Waals surface area contributed by atoms with E-state index in [2.05, 4.69) is 35.0 Å². The molecule has 1 heterocycles. The maximum absolute atomic E-state index is 8.83. The molecule has 0 amide bonds. The molecule has 3 rings (SSSR count). The number of ether oxygens (including phenoxy) is 1. The van der Waals surface area contributed by atoms with E-state index in [4.69, 9.17) is 10.00 Å². The van der Waals surface area contributed by atoms with Crippen LogP contribution in [0.3, 0.4) is 0 Å². The fraction of sp³-hybridized carbons (Fsp3) is 0.167. The lowest BCUT2D eigenvalue weighted by molar-refractivity contribution is 0.340. The van der Waals surface area contributed by atoms with Gasteiger partial charge in [-0.3, -0.25) is 0 Å². The predicted octanol–water partition coefficient (Wildman–Crippen LogP) is 3.96. The Morgan fingerprint density at radius 3 is 2.62 bits per heavy atom. The van der Waals surface area contributed by atoms with E-state index in [1.165, 1.54) is 16.5 Å². The summed E-state index contributed by atoms with van der Waals surface area (Å²) in [7, 11) is 0. The quantitative estimate of drug-likeness (QED) is 0.723. The average Bonchev–Trinajstić information content (AvgIpc) is 2.91. The van der Waals surface area contributed by atoms with Crippen LogP contribution >= 0.6 is 0 Å². The lowest BCUT2D eigenvalue weighted by Gasteiger charge is -2.07. The molecule has 0 aliphatic carbocycles. The van der Waals surface area contributed by atoms with Crippen molar-refractivity contribution in [3.8, 4) is 11.8 Å². The van der Waals surface area contributed by atoms with Gasteiger partial charge in [-0.15, -0.1) is 0 Å². The smallest absolute Gasteiger partial charge is 0.120 e. The summed E-state index contributed by atoms with van der Waals surface area (Å²) < 4.78 is 7.73. The molecule has 0 saturated carbocycles. The van der Waals surface area contributed by atoms with Crippen molar-refractivity contribution in [2.45, 2.75) is 13.5 Å². The Hall–Kier alpha value is -2.73. The normalized spacial score (nSPS) is 10.5. The summed E-state index contributed by atoms with van der Waals surface area (Å²) in [6.07, 6.45) is 2.08. The summed E-state index contributed by atoms with van der Waals surface area (Å²) in [5.74, 6) is 0.904. The van der Waals surface area contributed by atoms with Crippen LogP contribution in [-0.2, 0) is 6.54 Å². The maximum atomic E-state index is 8.83. The highest BCUT2D eigenvalue weighted by molar-refractivity contribution is 5.81. The maximum Gasteiger partial charge on any atom is 0.120 e. The van der Waals surface area contributed by atoms with Crippen LogP contribution in [0.25, 0.3) is 10.9 Å². The van der Waals surface area contributed by atoms with Crippen molar-refractivity contribution in [1.82, 2.24) is 4.57 Å². The Morgan fingerprint density at radius 1 is 1.10 bits per heavy atom. The summed E-state index contributed by atoms with van der Waals surface area (Å²) in [6, 6.07) is 18.1. The number of nitrogens with zero attached hydrogens (tertiary/aromatic N) is 2. The molecule has 0 aliphatic rings. The molecule has 0 spiro atoms. The summed E-state index contributed by atoms with van der Waals surface area (Å²) in [5, 5.41) is 10.0. The Balaban J connectivity index is 1.88. The van der Waals surface area contributed by atoms with Crippen molar-refractivity contribution >= 4 is 10.9 Å². The number of aromatic nitrogens is 1. The first-order valence-electron chi connectivity index (χ1n) is 7.01. The Kier molecular flexibility index (Phi) is 3.61. The second kappa shape index (κ2) is 5.72. The van der Waals surface area contributed by atoms with Gasteiger partial charge in [0.05, 0.1) is 18.2 Å². The molecule has 1 aromatic heterocycles. The number of hydrogen-bond donors (Lipinski definition) is 0. The van der Waals surface area contributed by atoms with Gasteiger partial charge < -0.3 is 9.30 Å². The van der Waals surface area contributed by atoms with E-state index >= 15 is 0 Å². The van der Waals surface area contributed by atoms with Gasteiger partial charge in [0, 0.05) is 23.6 Å². The lowest BCUT2D eigenvalue weighted by Crippen LogP contribution is -1.98. The van der Waals surface area contributed by atoms with E-state index in [0.29, 0.717) is 12.2 Å². The van der Waals surface area contributed by atoms with E-state index in [9.17, 15) is 0 Å². The van der Waals surface area contributed by atoms with Crippen LogP contribution in [0.5, 0.6) is 5.75 Å². The van der Waals surface area contributed by atoms with Gasteiger partial charge in [-0.05, 0) is 48.9 Å². The first-order valence-corrected chi connectivity index (χ1v) is 7.01. The second-order valence-electron chi connectivity index (χ2n) is 4.91. The Labute approximate surface area is 124 Å². The minimum Gasteiger partial charge on any atom is -0.494 e. The minimum atomic E-state index is 0.678. The topological polar surface area (TPSA) is 38.0 Å². The van der Waals surface area contributed by atoms with Gasteiger partial charge in [-0.2, -0.15) is 5.26 Å². The molecule has 0 bridgehead atoms. The van der Waals surface area contributed by atoms with E-state index in [-0.39, 0.29) is 0 Å². The zero-order chi connectivity index (χ0) is 14.7. The van der Waals surface area contributed by atoms with Crippen LogP contribution in [0.4, 0.5) is 0 Å². The van der Waals surface area contributed by atoms with Gasteiger partial charge in [0.25, 0.3) is 0 Å². The van der Waals surface area contributed by atoms with Crippen molar-refractivity contribution in [2.75, 3.05) is 6.61 Å². The number of fused-ring (bicyclic) bond motifs is 1. The molecule has 0 N–H and O–H groups in total. The molecule has 0 unspecified atom stereocenters. The van der Waals surface area contributed by atoms with Gasteiger partial charge in [0.2, 0.25) is 0 Å². The predicted molar refractivity (Wildman–Crippen MR) is 83.4 cm³/mol. The molecular formula is C18H16N2O. The monoisotopic (exact) mass is 276 g/mol. The molecule has 3 aromatic rings. The van der Waals surface area contributed by atoms with Crippen molar-refractivity contribution in [2.24, 2.45) is 0 Å². The first kappa shape index (κ1) is 13.3. The molecule has 3 nitrogen and oxygen atoms in total. The average molecular weight is 276 g/mol. The third-order valence-corrected chi connectivity index (χ3v) is 3.49. The zero-order valence-electron chi connectivity index (χ0n) is 11.9. The van der Waals surface area contributed by atoms with Crippen LogP contribution in [0.2, 0.25) is 0 Å². The van der Waals surface area contributed by atoms with Gasteiger partial charge in [0.1, 0.15) is 5.75 Å². The highest BCUT2D eigenvalue weighted by Gasteiger charge is 2.04. The number of hydrogen-bond acceptors (Lipinski definition) is 2. The molecule has 104 valence electrons. The molecule has 2 aromatic carbocycles. The van der Waals surface area contributed by atoms with Crippen LogP contribution in [0, 0.1) is 11.3 Å². The molecule has 0 radical (unpaired) electrons. The van der Waals surface area contributed by atoms with Crippen LogP contribution in [-0.4, -0.2) is 11.2 Å². The highest BCUT2D eigenvalue weighted by Crippen LogP contribution is 2.23. The molecule has 0 atom stereocenters. The molecule has 0 fully saturated rings. The third kappa shape index (κ3) is 2.75. The second-order valence-corrected chi connectivity index (χ2v) is 4.91. The Morgan fingerprint density at radius 2 is 1.90 bits per heavy atom. The van der Waals surface area contributed by atoms with E-state index in [1.807, 2.05) is 37.3 Å².